The van der Waals surface area contributed by atoms with E-state index >= 15 is 0 Å². The zero-order valence-electron chi connectivity index (χ0n) is 17.0. The third-order valence-corrected chi connectivity index (χ3v) is 5.89. The van der Waals surface area contributed by atoms with E-state index in [0.717, 1.165) is 12.1 Å². The number of nitrogens with zero attached hydrogens (tertiary/aromatic N) is 4. The van der Waals surface area contributed by atoms with E-state index in [4.69, 9.17) is 9.84 Å². The molecule has 4 rings (SSSR count). The van der Waals surface area contributed by atoms with Gasteiger partial charge >= 0.3 is 0 Å². The van der Waals surface area contributed by atoms with Crippen LogP contribution in [-0.2, 0) is 10.0 Å². The Morgan fingerprint density at radius 2 is 1.97 bits per heavy atom. The maximum absolute atomic E-state index is 14.1. The number of hydrogen-bond donors (Lipinski definition) is 2. The lowest BCUT2D eigenvalue weighted by molar-refractivity contribution is 0.350. The third kappa shape index (κ3) is 4.45. The summed E-state index contributed by atoms with van der Waals surface area (Å²) in [6.45, 7) is -0.338. The van der Waals surface area contributed by atoms with Gasteiger partial charge < -0.3 is 9.84 Å². The third-order valence-electron chi connectivity index (χ3n) is 4.49. The number of benzene rings is 1. The first kappa shape index (κ1) is 22.1. The van der Waals surface area contributed by atoms with Crippen molar-refractivity contribution < 1.29 is 27.0 Å². The molecule has 0 saturated heterocycles. The number of methoxy groups -OCH3 is 1. The molecule has 1 aromatic carbocycles. The molecule has 33 heavy (non-hydrogen) atoms. The first-order valence-corrected chi connectivity index (χ1v) is 10.8. The molecule has 9 nitrogen and oxygen atoms in total. The summed E-state index contributed by atoms with van der Waals surface area (Å²) in [5, 5.41) is 16.8. The van der Waals surface area contributed by atoms with E-state index in [1.165, 1.54) is 19.4 Å². The van der Waals surface area contributed by atoms with Crippen LogP contribution in [0.1, 0.15) is 5.82 Å². The van der Waals surface area contributed by atoms with Crippen molar-refractivity contribution in [1.82, 2.24) is 19.6 Å². The summed E-state index contributed by atoms with van der Waals surface area (Å²) in [5.74, 6) is 3.29. The average molecular weight is 471 g/mol. The fraction of sp³-hybridized carbons (Fsp3) is 0.0952. The number of sulfonamides is 1. The highest BCUT2D eigenvalue weighted by molar-refractivity contribution is 7.92. The van der Waals surface area contributed by atoms with Gasteiger partial charge in [-0.1, -0.05) is 5.92 Å². The predicted molar refractivity (Wildman–Crippen MR) is 114 cm³/mol. The van der Waals surface area contributed by atoms with Crippen molar-refractivity contribution in [2.24, 2.45) is 0 Å². The molecule has 0 spiro atoms. The van der Waals surface area contributed by atoms with Gasteiger partial charge in [0.15, 0.2) is 5.65 Å². The number of anilines is 1. The van der Waals surface area contributed by atoms with Crippen molar-refractivity contribution in [2.75, 3.05) is 18.4 Å². The number of halogens is 2. The maximum atomic E-state index is 14.1. The highest BCUT2D eigenvalue weighted by Crippen LogP contribution is 2.31. The molecule has 0 unspecified atom stereocenters. The Hall–Kier alpha value is -4.08. The number of fused-ring (bicyclic) bond motifs is 1. The SMILES string of the molecule is COc1ncc(-c2ccc3nnc(C#CCO)n3c2)cc1NS(=O)(=O)c1ccc(F)cc1F. The van der Waals surface area contributed by atoms with Crippen molar-refractivity contribution in [3.05, 3.63) is 66.3 Å². The molecule has 12 heteroatoms. The molecule has 0 aliphatic heterocycles. The Morgan fingerprint density at radius 1 is 1.15 bits per heavy atom. The van der Waals surface area contributed by atoms with Crippen molar-refractivity contribution in [3.8, 4) is 28.8 Å². The summed E-state index contributed by atoms with van der Waals surface area (Å²) >= 11 is 0. The van der Waals surface area contributed by atoms with Gasteiger partial charge in [-0.05, 0) is 36.3 Å². The van der Waals surface area contributed by atoms with Crippen LogP contribution in [0.25, 0.3) is 16.8 Å². The van der Waals surface area contributed by atoms with Crippen molar-refractivity contribution in [2.45, 2.75) is 4.90 Å². The van der Waals surface area contributed by atoms with E-state index in [1.807, 2.05) is 0 Å². The second-order valence-electron chi connectivity index (χ2n) is 6.59. The van der Waals surface area contributed by atoms with Crippen LogP contribution in [0.5, 0.6) is 5.88 Å². The molecule has 0 aliphatic carbocycles. The summed E-state index contributed by atoms with van der Waals surface area (Å²) in [4.78, 5) is 3.40. The number of aliphatic hydroxyl groups excluding tert-OH is 1. The first-order chi connectivity index (χ1) is 15.8. The molecular weight excluding hydrogens is 456 g/mol. The van der Waals surface area contributed by atoms with Crippen LogP contribution in [0.2, 0.25) is 0 Å². The highest BCUT2D eigenvalue weighted by Gasteiger charge is 2.22. The molecule has 0 amide bonds. The van der Waals surface area contributed by atoms with Gasteiger partial charge in [-0.3, -0.25) is 9.12 Å². The fourth-order valence-electron chi connectivity index (χ4n) is 3.00. The van der Waals surface area contributed by atoms with Gasteiger partial charge in [-0.15, -0.1) is 10.2 Å². The first-order valence-electron chi connectivity index (χ1n) is 9.29. The standard InChI is InChI=1S/C21H15F2N5O4S/c1-32-21-17(27-33(30,31)18-6-5-15(22)10-16(18)23)9-14(11-24-21)13-4-7-20-26-25-19(3-2-8-29)28(20)12-13/h4-7,9-12,27,29H,8H2,1H3. The Kier molecular flexibility index (Phi) is 5.91. The second-order valence-corrected chi connectivity index (χ2v) is 8.24. The molecule has 2 N–H and O–H groups in total. The van der Waals surface area contributed by atoms with Crippen LogP contribution < -0.4 is 9.46 Å². The highest BCUT2D eigenvalue weighted by atomic mass is 32.2. The van der Waals surface area contributed by atoms with Crippen LogP contribution in [0.15, 0.2) is 53.7 Å². The minimum absolute atomic E-state index is 0.0512. The van der Waals surface area contributed by atoms with Gasteiger partial charge in [0.25, 0.3) is 10.0 Å². The molecular formula is C21H15F2N5O4S. The monoisotopic (exact) mass is 471 g/mol. The lowest BCUT2D eigenvalue weighted by Crippen LogP contribution is -2.15. The molecule has 0 saturated carbocycles. The molecule has 3 heterocycles. The van der Waals surface area contributed by atoms with Crippen molar-refractivity contribution >= 4 is 21.4 Å². The largest absolute Gasteiger partial charge is 0.480 e. The summed E-state index contributed by atoms with van der Waals surface area (Å²) < 4.78 is 61.7. The second kappa shape index (κ2) is 8.81. The van der Waals surface area contributed by atoms with Gasteiger partial charge in [0, 0.05) is 29.6 Å². The summed E-state index contributed by atoms with van der Waals surface area (Å²) in [5.41, 5.74) is 1.56. The number of ether oxygens (including phenoxy) is 1. The van der Waals surface area contributed by atoms with Gasteiger partial charge in [-0.2, -0.15) is 0 Å². The number of hydrogen-bond acceptors (Lipinski definition) is 7. The number of rotatable bonds is 5. The molecule has 0 bridgehead atoms. The fourth-order valence-corrected chi connectivity index (χ4v) is 4.11. The quantitative estimate of drug-likeness (QED) is 0.429. The topological polar surface area (TPSA) is 119 Å². The van der Waals surface area contributed by atoms with Gasteiger partial charge in [0.2, 0.25) is 11.7 Å². The smallest absolute Gasteiger partial charge is 0.264 e. The predicted octanol–water partition coefficient (Wildman–Crippen LogP) is 2.22. The summed E-state index contributed by atoms with van der Waals surface area (Å²) in [6, 6.07) is 6.99. The van der Waals surface area contributed by atoms with E-state index in [0.29, 0.717) is 28.7 Å². The number of aromatic nitrogens is 4. The normalized spacial score (nSPS) is 11.2. The van der Waals surface area contributed by atoms with Gasteiger partial charge in [-0.25, -0.2) is 22.2 Å². The molecule has 3 aromatic heterocycles. The lowest BCUT2D eigenvalue weighted by atomic mass is 10.1. The molecule has 0 aliphatic rings. The van der Waals surface area contributed by atoms with Crippen LogP contribution in [0.3, 0.4) is 0 Å². The summed E-state index contributed by atoms with van der Waals surface area (Å²) in [7, 11) is -3.11. The Balaban J connectivity index is 1.76. The van der Waals surface area contributed by atoms with E-state index in [2.05, 4.69) is 31.7 Å². The zero-order valence-corrected chi connectivity index (χ0v) is 17.8. The molecule has 168 valence electrons. The van der Waals surface area contributed by atoms with E-state index in [-0.39, 0.29) is 18.2 Å². The zero-order chi connectivity index (χ0) is 23.6. The Labute approximate surface area is 186 Å². The molecule has 4 aromatic rings. The number of aliphatic hydroxyl groups is 1. The molecule has 0 atom stereocenters. The Morgan fingerprint density at radius 3 is 2.70 bits per heavy atom. The van der Waals surface area contributed by atoms with E-state index in [9.17, 15) is 17.2 Å². The van der Waals surface area contributed by atoms with Gasteiger partial charge in [0.1, 0.15) is 28.8 Å². The number of pyridine rings is 2. The van der Waals surface area contributed by atoms with E-state index in [1.54, 1.807) is 22.7 Å². The number of nitrogens with one attached hydrogen (secondary N) is 1. The van der Waals surface area contributed by atoms with Crippen LogP contribution in [0, 0.1) is 23.5 Å². The van der Waals surface area contributed by atoms with Crippen molar-refractivity contribution in [1.29, 1.82) is 0 Å². The van der Waals surface area contributed by atoms with Crippen LogP contribution in [0.4, 0.5) is 14.5 Å². The minimum Gasteiger partial charge on any atom is -0.480 e. The van der Waals surface area contributed by atoms with Crippen LogP contribution >= 0.6 is 0 Å². The maximum Gasteiger partial charge on any atom is 0.264 e. The molecule has 0 radical (unpaired) electrons. The summed E-state index contributed by atoms with van der Waals surface area (Å²) in [6.07, 6.45) is 3.12. The Bertz CT molecular complexity index is 1530. The van der Waals surface area contributed by atoms with E-state index < -0.39 is 26.6 Å². The lowest BCUT2D eigenvalue weighted by Gasteiger charge is -2.13. The van der Waals surface area contributed by atoms with Gasteiger partial charge in [0.05, 0.1) is 7.11 Å². The minimum atomic E-state index is -4.41. The van der Waals surface area contributed by atoms with Crippen LogP contribution in [-0.4, -0.2) is 46.8 Å². The average Bonchev–Trinajstić information content (AvgIpc) is 3.19. The molecule has 0 fully saturated rings. The van der Waals surface area contributed by atoms with Crippen molar-refractivity contribution in [3.63, 3.8) is 0 Å².